The molecule has 4 heteroatoms. The molecule has 0 saturated heterocycles. The zero-order valence-corrected chi connectivity index (χ0v) is 9.91. The topological polar surface area (TPSA) is 35.2 Å². The molecule has 2 rings (SSSR count). The van der Waals surface area contributed by atoms with Crippen LogP contribution in [0.25, 0.3) is 0 Å². The molecule has 0 spiro atoms. The predicted molar refractivity (Wildman–Crippen MR) is 66.3 cm³/mol. The predicted octanol–water partition coefficient (Wildman–Crippen LogP) is 3.43. The van der Waals surface area contributed by atoms with Crippen molar-refractivity contribution in [2.45, 2.75) is 13.5 Å². The van der Waals surface area contributed by atoms with Gasteiger partial charge in [0.2, 0.25) is 0 Å². The number of anilines is 1. The lowest BCUT2D eigenvalue weighted by Gasteiger charge is -2.09. The summed E-state index contributed by atoms with van der Waals surface area (Å²) in [6.07, 6.45) is 0. The van der Waals surface area contributed by atoms with Crippen LogP contribution in [0.5, 0.6) is 5.75 Å². The Morgan fingerprint density at radius 3 is 2.56 bits per heavy atom. The zero-order chi connectivity index (χ0) is 13.1. The van der Waals surface area contributed by atoms with Crippen molar-refractivity contribution in [3.63, 3.8) is 0 Å². The number of benzene rings is 2. The fourth-order valence-electron chi connectivity index (χ4n) is 1.57. The highest BCUT2D eigenvalue weighted by atomic mass is 19.1. The summed E-state index contributed by atoms with van der Waals surface area (Å²) < 4.78 is 31.4. The number of halogens is 2. The number of ether oxygens (including phenoxy) is 1. The van der Waals surface area contributed by atoms with E-state index in [1.54, 1.807) is 25.1 Å². The molecule has 0 aliphatic rings. The molecule has 0 saturated carbocycles. The summed E-state index contributed by atoms with van der Waals surface area (Å²) >= 11 is 0. The first-order chi connectivity index (χ1) is 8.56. The van der Waals surface area contributed by atoms with Crippen molar-refractivity contribution in [2.24, 2.45) is 0 Å². The first-order valence-electron chi connectivity index (χ1n) is 5.49. The van der Waals surface area contributed by atoms with Crippen LogP contribution >= 0.6 is 0 Å². The van der Waals surface area contributed by atoms with Crippen molar-refractivity contribution < 1.29 is 13.5 Å². The Balaban J connectivity index is 2.09. The van der Waals surface area contributed by atoms with E-state index in [-0.39, 0.29) is 18.2 Å². The summed E-state index contributed by atoms with van der Waals surface area (Å²) in [5, 5.41) is 0. The minimum atomic E-state index is -0.381. The fraction of sp³-hybridized carbons (Fsp3) is 0.143. The van der Waals surface area contributed by atoms with Crippen molar-refractivity contribution in [3.05, 3.63) is 59.2 Å². The van der Waals surface area contributed by atoms with Gasteiger partial charge in [0.15, 0.2) is 0 Å². The van der Waals surface area contributed by atoms with Gasteiger partial charge < -0.3 is 10.5 Å². The highest BCUT2D eigenvalue weighted by molar-refractivity contribution is 5.46. The molecular weight excluding hydrogens is 236 g/mol. The first kappa shape index (κ1) is 12.4. The van der Waals surface area contributed by atoms with Gasteiger partial charge in [-0.15, -0.1) is 0 Å². The van der Waals surface area contributed by atoms with Crippen LogP contribution in [0, 0.1) is 18.6 Å². The molecule has 2 aromatic carbocycles. The maximum absolute atomic E-state index is 13.1. The average Bonchev–Trinajstić information content (AvgIpc) is 2.32. The lowest BCUT2D eigenvalue weighted by molar-refractivity contribution is 0.306. The molecule has 94 valence electrons. The van der Waals surface area contributed by atoms with E-state index in [0.29, 0.717) is 22.6 Å². The molecule has 18 heavy (non-hydrogen) atoms. The number of hydrogen-bond donors (Lipinski definition) is 1. The Morgan fingerprint density at radius 2 is 1.89 bits per heavy atom. The molecule has 0 fully saturated rings. The second kappa shape index (κ2) is 5.04. The number of rotatable bonds is 3. The third-order valence-corrected chi connectivity index (χ3v) is 2.63. The van der Waals surface area contributed by atoms with Gasteiger partial charge in [-0.25, -0.2) is 8.78 Å². The van der Waals surface area contributed by atoms with Crippen LogP contribution in [-0.4, -0.2) is 0 Å². The Hall–Kier alpha value is -2.10. The standard InChI is InChI=1S/C14H13F2NO/c1-9-6-12(4-5-13(9)16)18-8-10-2-3-11(15)7-14(10)17/h2-7H,8,17H2,1H3. The van der Waals surface area contributed by atoms with Gasteiger partial charge >= 0.3 is 0 Å². The lowest BCUT2D eigenvalue weighted by Crippen LogP contribution is -2.01. The molecule has 0 aromatic heterocycles. The van der Waals surface area contributed by atoms with E-state index >= 15 is 0 Å². The van der Waals surface area contributed by atoms with E-state index in [1.165, 1.54) is 18.2 Å². The van der Waals surface area contributed by atoms with E-state index in [1.807, 2.05) is 0 Å². The quantitative estimate of drug-likeness (QED) is 0.846. The summed E-state index contributed by atoms with van der Waals surface area (Å²) in [5.41, 5.74) is 7.21. The van der Waals surface area contributed by atoms with Crippen LogP contribution in [0.1, 0.15) is 11.1 Å². The van der Waals surface area contributed by atoms with Gasteiger partial charge in [0.1, 0.15) is 24.0 Å². The van der Waals surface area contributed by atoms with E-state index in [2.05, 4.69) is 0 Å². The monoisotopic (exact) mass is 249 g/mol. The van der Waals surface area contributed by atoms with E-state index < -0.39 is 0 Å². The molecule has 2 N–H and O–H groups in total. The maximum atomic E-state index is 13.1. The van der Waals surface area contributed by atoms with Gasteiger partial charge in [0.05, 0.1) is 0 Å². The van der Waals surface area contributed by atoms with Crippen molar-refractivity contribution in [2.75, 3.05) is 5.73 Å². The van der Waals surface area contributed by atoms with Gasteiger partial charge in [-0.2, -0.15) is 0 Å². The molecule has 2 nitrogen and oxygen atoms in total. The van der Waals surface area contributed by atoms with Crippen LogP contribution < -0.4 is 10.5 Å². The van der Waals surface area contributed by atoms with E-state index in [9.17, 15) is 8.78 Å². The van der Waals surface area contributed by atoms with Crippen LogP contribution in [0.3, 0.4) is 0 Å². The Kier molecular flexibility index (Phi) is 3.46. The molecule has 0 aliphatic heterocycles. The summed E-state index contributed by atoms with van der Waals surface area (Å²) in [4.78, 5) is 0. The smallest absolute Gasteiger partial charge is 0.126 e. The number of hydrogen-bond acceptors (Lipinski definition) is 2. The van der Waals surface area contributed by atoms with Crippen LogP contribution in [-0.2, 0) is 6.61 Å². The molecule has 0 atom stereocenters. The average molecular weight is 249 g/mol. The molecular formula is C14H13F2NO. The van der Waals surface area contributed by atoms with Crippen molar-refractivity contribution in [1.29, 1.82) is 0 Å². The third kappa shape index (κ3) is 2.77. The summed E-state index contributed by atoms with van der Waals surface area (Å²) in [7, 11) is 0. The zero-order valence-electron chi connectivity index (χ0n) is 9.91. The Morgan fingerprint density at radius 1 is 1.11 bits per heavy atom. The van der Waals surface area contributed by atoms with Crippen LogP contribution in [0.15, 0.2) is 36.4 Å². The number of nitrogens with two attached hydrogens (primary N) is 1. The number of aryl methyl sites for hydroxylation is 1. The summed E-state index contributed by atoms with van der Waals surface area (Å²) in [6, 6.07) is 8.64. The van der Waals surface area contributed by atoms with Crippen LogP contribution in [0.2, 0.25) is 0 Å². The molecule has 0 aliphatic carbocycles. The SMILES string of the molecule is Cc1cc(OCc2ccc(F)cc2N)ccc1F. The first-order valence-corrected chi connectivity index (χ1v) is 5.49. The normalized spacial score (nSPS) is 10.4. The van der Waals surface area contributed by atoms with E-state index in [4.69, 9.17) is 10.5 Å². The molecule has 2 aromatic rings. The van der Waals surface area contributed by atoms with Crippen molar-refractivity contribution in [3.8, 4) is 5.75 Å². The summed E-state index contributed by atoms with van der Waals surface area (Å²) in [5.74, 6) is -0.102. The highest BCUT2D eigenvalue weighted by Crippen LogP contribution is 2.19. The highest BCUT2D eigenvalue weighted by Gasteiger charge is 2.03. The van der Waals surface area contributed by atoms with Gasteiger partial charge in [0.25, 0.3) is 0 Å². The van der Waals surface area contributed by atoms with Gasteiger partial charge in [-0.1, -0.05) is 6.07 Å². The Labute approximate surface area is 104 Å². The molecule has 0 heterocycles. The Bertz CT molecular complexity index is 570. The van der Waals surface area contributed by atoms with E-state index in [0.717, 1.165) is 0 Å². The molecule has 0 bridgehead atoms. The van der Waals surface area contributed by atoms with Crippen LogP contribution in [0.4, 0.5) is 14.5 Å². The molecule has 0 unspecified atom stereocenters. The maximum Gasteiger partial charge on any atom is 0.126 e. The minimum absolute atomic E-state index is 0.219. The second-order valence-corrected chi connectivity index (χ2v) is 4.04. The van der Waals surface area contributed by atoms with Crippen molar-refractivity contribution >= 4 is 5.69 Å². The summed E-state index contributed by atoms with van der Waals surface area (Å²) in [6.45, 7) is 1.88. The van der Waals surface area contributed by atoms with Gasteiger partial charge in [-0.3, -0.25) is 0 Å². The largest absolute Gasteiger partial charge is 0.489 e. The second-order valence-electron chi connectivity index (χ2n) is 4.04. The van der Waals surface area contributed by atoms with Gasteiger partial charge in [0, 0.05) is 11.3 Å². The molecule has 0 radical (unpaired) electrons. The van der Waals surface area contributed by atoms with Gasteiger partial charge in [-0.05, 0) is 42.8 Å². The number of nitrogen functional groups attached to an aromatic ring is 1. The molecule has 0 amide bonds. The van der Waals surface area contributed by atoms with Crippen molar-refractivity contribution in [1.82, 2.24) is 0 Å². The fourth-order valence-corrected chi connectivity index (χ4v) is 1.57. The minimum Gasteiger partial charge on any atom is -0.489 e. The third-order valence-electron chi connectivity index (χ3n) is 2.63. The lowest BCUT2D eigenvalue weighted by atomic mass is 10.2.